The van der Waals surface area contributed by atoms with E-state index in [0.29, 0.717) is 17.5 Å². The molecule has 0 aliphatic rings. The van der Waals surface area contributed by atoms with Crippen LogP contribution in [0.15, 0.2) is 18.2 Å². The fourth-order valence-corrected chi connectivity index (χ4v) is 1.16. The summed E-state index contributed by atoms with van der Waals surface area (Å²) in [5, 5.41) is 3.34. The fourth-order valence-electron chi connectivity index (χ4n) is 1.16. The lowest BCUT2D eigenvalue weighted by molar-refractivity contribution is 0.559. The van der Waals surface area contributed by atoms with Gasteiger partial charge in [-0.3, -0.25) is 0 Å². The molecule has 1 N–H and O–H groups in total. The smallest absolute Gasteiger partial charge is 0.126 e. The van der Waals surface area contributed by atoms with Crippen molar-refractivity contribution in [3.05, 3.63) is 29.6 Å². The summed E-state index contributed by atoms with van der Waals surface area (Å²) in [6.45, 7) is 8.23. The highest BCUT2D eigenvalue weighted by Gasteiger charge is 2.07. The Kier molecular flexibility index (Phi) is 3.50. The molecule has 0 saturated carbocycles. The number of nitrogens with one attached hydrogen (secondary N) is 1. The van der Waals surface area contributed by atoms with Crippen LogP contribution >= 0.6 is 0 Å². The molecular weight excluding hydrogens is 177 g/mol. The lowest BCUT2D eigenvalue weighted by Gasteiger charge is -2.19. The zero-order valence-electron chi connectivity index (χ0n) is 9.26. The summed E-state index contributed by atoms with van der Waals surface area (Å²) in [4.78, 5) is 0. The van der Waals surface area contributed by atoms with Crippen LogP contribution in [0.5, 0.6) is 0 Å². The summed E-state index contributed by atoms with van der Waals surface area (Å²) < 4.78 is 13.0. The second kappa shape index (κ2) is 4.45. The maximum atomic E-state index is 13.0. The molecule has 0 unspecified atom stereocenters. The minimum atomic E-state index is -0.146. The van der Waals surface area contributed by atoms with Crippen molar-refractivity contribution in [1.29, 1.82) is 0 Å². The molecule has 0 aromatic heterocycles. The first-order valence-corrected chi connectivity index (χ1v) is 5.03. The van der Waals surface area contributed by atoms with Crippen molar-refractivity contribution in [2.75, 3.05) is 5.32 Å². The fraction of sp³-hybridized carbons (Fsp3) is 0.500. The molecule has 0 fully saturated rings. The minimum absolute atomic E-state index is 0.146. The van der Waals surface area contributed by atoms with Crippen LogP contribution in [0.25, 0.3) is 0 Å². The van der Waals surface area contributed by atoms with Gasteiger partial charge >= 0.3 is 0 Å². The molecule has 0 spiro atoms. The third-order valence-electron chi connectivity index (χ3n) is 2.55. The molecule has 14 heavy (non-hydrogen) atoms. The van der Waals surface area contributed by atoms with E-state index in [2.05, 4.69) is 26.1 Å². The third kappa shape index (κ3) is 2.72. The molecule has 1 aromatic rings. The average molecular weight is 195 g/mol. The van der Waals surface area contributed by atoms with E-state index in [9.17, 15) is 4.39 Å². The van der Waals surface area contributed by atoms with Gasteiger partial charge in [0.05, 0.1) is 0 Å². The van der Waals surface area contributed by atoms with Crippen LogP contribution in [0.1, 0.15) is 26.3 Å². The van der Waals surface area contributed by atoms with Gasteiger partial charge < -0.3 is 5.32 Å². The lowest BCUT2D eigenvalue weighted by Crippen LogP contribution is -2.21. The first kappa shape index (κ1) is 11.0. The molecule has 0 aliphatic heterocycles. The highest BCUT2D eigenvalue weighted by Crippen LogP contribution is 2.16. The van der Waals surface area contributed by atoms with Gasteiger partial charge in [-0.15, -0.1) is 0 Å². The van der Waals surface area contributed by atoms with Crippen molar-refractivity contribution in [2.45, 2.75) is 33.7 Å². The number of hydrogen-bond acceptors (Lipinski definition) is 1. The van der Waals surface area contributed by atoms with Crippen LogP contribution < -0.4 is 5.32 Å². The molecule has 1 nitrogen and oxygen atoms in total. The normalized spacial score (nSPS) is 13.0. The summed E-state index contributed by atoms with van der Waals surface area (Å²) in [6, 6.07) is 5.53. The largest absolute Gasteiger partial charge is 0.382 e. The van der Waals surface area contributed by atoms with E-state index in [0.717, 1.165) is 5.69 Å². The van der Waals surface area contributed by atoms with Crippen LogP contribution in [0.2, 0.25) is 0 Å². The molecule has 1 aromatic carbocycles. The Morgan fingerprint density at radius 2 is 1.86 bits per heavy atom. The van der Waals surface area contributed by atoms with Crippen LogP contribution in [-0.2, 0) is 0 Å². The molecule has 78 valence electrons. The predicted octanol–water partition coefficient (Wildman–Crippen LogP) is 3.59. The van der Waals surface area contributed by atoms with Crippen molar-refractivity contribution in [3.8, 4) is 0 Å². The van der Waals surface area contributed by atoms with E-state index in [1.54, 1.807) is 13.0 Å². The Morgan fingerprint density at radius 3 is 2.36 bits per heavy atom. The Labute approximate surface area is 85.3 Å². The second-order valence-electron chi connectivity index (χ2n) is 4.14. The van der Waals surface area contributed by atoms with Crippen LogP contribution in [0, 0.1) is 18.7 Å². The van der Waals surface area contributed by atoms with Gasteiger partial charge in [0.15, 0.2) is 0 Å². The van der Waals surface area contributed by atoms with Gasteiger partial charge in [0.1, 0.15) is 5.82 Å². The quantitative estimate of drug-likeness (QED) is 0.777. The van der Waals surface area contributed by atoms with Gasteiger partial charge in [-0.1, -0.05) is 13.8 Å². The number of anilines is 1. The number of benzene rings is 1. The zero-order chi connectivity index (χ0) is 10.7. The van der Waals surface area contributed by atoms with Crippen LogP contribution in [0.3, 0.4) is 0 Å². The summed E-state index contributed by atoms with van der Waals surface area (Å²) in [6.07, 6.45) is 0. The predicted molar refractivity (Wildman–Crippen MR) is 59.1 cm³/mol. The molecule has 0 radical (unpaired) electrons. The van der Waals surface area contributed by atoms with E-state index in [4.69, 9.17) is 0 Å². The van der Waals surface area contributed by atoms with Gasteiger partial charge in [-0.2, -0.15) is 0 Å². The standard InChI is InChI=1S/C12H18FN/c1-8(2)10(4)14-11-5-6-12(13)9(3)7-11/h5-8,10,14H,1-4H3/t10-/m1/s1. The van der Waals surface area contributed by atoms with Crippen molar-refractivity contribution >= 4 is 5.69 Å². The molecule has 2 heteroatoms. The number of halogens is 1. The summed E-state index contributed by atoms with van der Waals surface area (Å²) in [7, 11) is 0. The molecule has 0 amide bonds. The summed E-state index contributed by atoms with van der Waals surface area (Å²) >= 11 is 0. The van der Waals surface area contributed by atoms with Gasteiger partial charge in [-0.25, -0.2) is 4.39 Å². The van der Waals surface area contributed by atoms with Crippen LogP contribution in [-0.4, -0.2) is 6.04 Å². The molecule has 0 aliphatic carbocycles. The summed E-state index contributed by atoms with van der Waals surface area (Å²) in [5.74, 6) is 0.424. The molecule has 0 saturated heterocycles. The first-order valence-electron chi connectivity index (χ1n) is 5.03. The monoisotopic (exact) mass is 195 g/mol. The van der Waals surface area contributed by atoms with Gasteiger partial charge in [0, 0.05) is 11.7 Å². The van der Waals surface area contributed by atoms with Gasteiger partial charge in [0.2, 0.25) is 0 Å². The Morgan fingerprint density at radius 1 is 1.21 bits per heavy atom. The number of rotatable bonds is 3. The molecule has 1 atom stereocenters. The maximum Gasteiger partial charge on any atom is 0.126 e. The molecule has 1 rings (SSSR count). The third-order valence-corrected chi connectivity index (χ3v) is 2.55. The van der Waals surface area contributed by atoms with Gasteiger partial charge in [0.25, 0.3) is 0 Å². The lowest BCUT2D eigenvalue weighted by atomic mass is 10.1. The van der Waals surface area contributed by atoms with Crippen molar-refractivity contribution in [1.82, 2.24) is 0 Å². The van der Waals surface area contributed by atoms with Crippen molar-refractivity contribution in [2.24, 2.45) is 5.92 Å². The Hall–Kier alpha value is -1.05. The SMILES string of the molecule is Cc1cc(N[C@H](C)C(C)C)ccc1F. The average Bonchev–Trinajstić information content (AvgIpc) is 2.11. The topological polar surface area (TPSA) is 12.0 Å². The Balaban J connectivity index is 2.73. The first-order chi connectivity index (χ1) is 6.50. The van der Waals surface area contributed by atoms with Crippen LogP contribution in [0.4, 0.5) is 10.1 Å². The maximum absolute atomic E-state index is 13.0. The highest BCUT2D eigenvalue weighted by molar-refractivity contribution is 5.46. The van der Waals surface area contributed by atoms with E-state index < -0.39 is 0 Å². The second-order valence-corrected chi connectivity index (χ2v) is 4.14. The van der Waals surface area contributed by atoms with E-state index in [1.807, 2.05) is 6.07 Å². The zero-order valence-corrected chi connectivity index (χ0v) is 9.26. The number of aryl methyl sites for hydroxylation is 1. The van der Waals surface area contributed by atoms with E-state index in [-0.39, 0.29) is 5.82 Å². The summed E-state index contributed by atoms with van der Waals surface area (Å²) in [5.41, 5.74) is 1.68. The molecule has 0 heterocycles. The highest BCUT2D eigenvalue weighted by atomic mass is 19.1. The van der Waals surface area contributed by atoms with Gasteiger partial charge in [-0.05, 0) is 43.5 Å². The van der Waals surface area contributed by atoms with Crippen molar-refractivity contribution in [3.63, 3.8) is 0 Å². The van der Waals surface area contributed by atoms with E-state index >= 15 is 0 Å². The number of hydrogen-bond donors (Lipinski definition) is 1. The minimum Gasteiger partial charge on any atom is -0.382 e. The van der Waals surface area contributed by atoms with Crippen molar-refractivity contribution < 1.29 is 4.39 Å². The molecule has 0 bridgehead atoms. The molecular formula is C12H18FN. The Bertz CT molecular complexity index is 307. The van der Waals surface area contributed by atoms with E-state index in [1.165, 1.54) is 6.07 Å².